The predicted molar refractivity (Wildman–Crippen MR) is 88.7 cm³/mol. The zero-order valence-corrected chi connectivity index (χ0v) is 16.6. The third-order valence-corrected chi connectivity index (χ3v) is 9.74. The SMILES string of the molecule is CO[C@@H]1[C@H]2OC(C)(C)O[C@H]2O[C@]1(CO)CO[Si](C)(C)C(C)(C)C. The third kappa shape index (κ3) is 3.51. The van der Waals surface area contributed by atoms with E-state index in [0.29, 0.717) is 0 Å². The van der Waals surface area contributed by atoms with Gasteiger partial charge in [-0.25, -0.2) is 0 Å². The standard InChI is InChI=1S/C16H32O6Si/c1-14(2,3)23(7,8)19-10-16(9-17)12(18-6)11-13(22-16)21-15(4,5)20-11/h11-13,17H,9-10H2,1-8H3/t11-,12-,13+,16-/m1/s1. The van der Waals surface area contributed by atoms with Crippen LogP contribution >= 0.6 is 0 Å². The van der Waals surface area contributed by atoms with Gasteiger partial charge in [0.05, 0.1) is 13.2 Å². The van der Waals surface area contributed by atoms with E-state index in [4.69, 9.17) is 23.4 Å². The van der Waals surface area contributed by atoms with Crippen molar-refractivity contribution in [3.05, 3.63) is 0 Å². The first kappa shape index (κ1) is 19.3. The van der Waals surface area contributed by atoms with Gasteiger partial charge in [-0.2, -0.15) is 0 Å². The van der Waals surface area contributed by atoms with Crippen molar-refractivity contribution in [1.82, 2.24) is 0 Å². The quantitative estimate of drug-likeness (QED) is 0.769. The molecule has 0 radical (unpaired) electrons. The van der Waals surface area contributed by atoms with E-state index < -0.39 is 32.1 Å². The van der Waals surface area contributed by atoms with E-state index in [1.54, 1.807) is 7.11 Å². The van der Waals surface area contributed by atoms with Crippen LogP contribution in [0.3, 0.4) is 0 Å². The summed E-state index contributed by atoms with van der Waals surface area (Å²) in [5.74, 6) is -0.714. The molecule has 0 aromatic carbocycles. The topological polar surface area (TPSA) is 66.4 Å². The van der Waals surface area contributed by atoms with Crippen LogP contribution in [0.15, 0.2) is 0 Å². The van der Waals surface area contributed by atoms with Crippen LogP contribution in [0, 0.1) is 0 Å². The molecule has 0 unspecified atom stereocenters. The monoisotopic (exact) mass is 348 g/mol. The number of aliphatic hydroxyl groups excluding tert-OH is 1. The zero-order valence-electron chi connectivity index (χ0n) is 15.6. The van der Waals surface area contributed by atoms with E-state index in [1.165, 1.54) is 0 Å². The van der Waals surface area contributed by atoms with Crippen molar-refractivity contribution in [3.8, 4) is 0 Å². The molecule has 2 aliphatic rings. The van der Waals surface area contributed by atoms with Crippen LogP contribution in [-0.4, -0.2) is 63.6 Å². The highest BCUT2D eigenvalue weighted by Gasteiger charge is 2.62. The van der Waals surface area contributed by atoms with Gasteiger partial charge in [0, 0.05) is 7.11 Å². The molecule has 2 saturated heterocycles. The lowest BCUT2D eigenvalue weighted by Gasteiger charge is -2.41. The molecular formula is C16H32O6Si. The van der Waals surface area contributed by atoms with E-state index >= 15 is 0 Å². The lowest BCUT2D eigenvalue weighted by Crippen LogP contribution is -2.55. The molecular weight excluding hydrogens is 316 g/mol. The summed E-state index contributed by atoms with van der Waals surface area (Å²) >= 11 is 0. The molecule has 0 aromatic heterocycles. The maximum absolute atomic E-state index is 10.0. The fourth-order valence-electron chi connectivity index (χ4n) is 2.81. The second-order valence-corrected chi connectivity index (χ2v) is 13.3. The average Bonchev–Trinajstić information content (AvgIpc) is 2.83. The van der Waals surface area contributed by atoms with Gasteiger partial charge < -0.3 is 28.5 Å². The van der Waals surface area contributed by atoms with E-state index in [0.717, 1.165) is 0 Å². The van der Waals surface area contributed by atoms with E-state index in [9.17, 15) is 5.11 Å². The van der Waals surface area contributed by atoms with Crippen LogP contribution in [-0.2, 0) is 23.4 Å². The highest BCUT2D eigenvalue weighted by Crippen LogP contribution is 2.45. The highest BCUT2D eigenvalue weighted by molar-refractivity contribution is 6.74. The van der Waals surface area contributed by atoms with Crippen molar-refractivity contribution in [2.75, 3.05) is 20.3 Å². The Morgan fingerprint density at radius 1 is 1.13 bits per heavy atom. The summed E-state index contributed by atoms with van der Waals surface area (Å²) in [5.41, 5.74) is -0.962. The van der Waals surface area contributed by atoms with Crippen molar-refractivity contribution in [1.29, 1.82) is 0 Å². The first-order valence-electron chi connectivity index (χ1n) is 8.18. The van der Waals surface area contributed by atoms with Gasteiger partial charge in [-0.3, -0.25) is 0 Å². The maximum atomic E-state index is 10.0. The zero-order chi connectivity index (χ0) is 17.7. The minimum Gasteiger partial charge on any atom is -0.414 e. The van der Waals surface area contributed by atoms with Gasteiger partial charge in [0.1, 0.15) is 17.8 Å². The van der Waals surface area contributed by atoms with E-state index in [1.807, 2.05) is 13.8 Å². The minimum atomic E-state index is -1.97. The molecule has 2 heterocycles. The summed E-state index contributed by atoms with van der Waals surface area (Å²) in [7, 11) is -0.372. The number of aliphatic hydroxyl groups is 1. The van der Waals surface area contributed by atoms with Crippen LogP contribution in [0.5, 0.6) is 0 Å². The molecule has 0 amide bonds. The fraction of sp³-hybridized carbons (Fsp3) is 1.00. The Balaban J connectivity index is 2.15. The molecule has 6 nitrogen and oxygen atoms in total. The van der Waals surface area contributed by atoms with Crippen molar-refractivity contribution >= 4 is 8.32 Å². The molecule has 0 aromatic rings. The number of methoxy groups -OCH3 is 1. The first-order valence-corrected chi connectivity index (χ1v) is 11.1. The van der Waals surface area contributed by atoms with Gasteiger partial charge in [0.15, 0.2) is 20.4 Å². The van der Waals surface area contributed by atoms with Crippen LogP contribution in [0.1, 0.15) is 34.6 Å². The lowest BCUT2D eigenvalue weighted by atomic mass is 9.97. The Bertz CT molecular complexity index is 433. The van der Waals surface area contributed by atoms with Gasteiger partial charge in [-0.05, 0) is 32.0 Å². The van der Waals surface area contributed by atoms with Crippen molar-refractivity contribution in [2.24, 2.45) is 0 Å². The van der Waals surface area contributed by atoms with Gasteiger partial charge >= 0.3 is 0 Å². The molecule has 23 heavy (non-hydrogen) atoms. The molecule has 0 aliphatic carbocycles. The number of ether oxygens (including phenoxy) is 4. The van der Waals surface area contributed by atoms with Crippen LogP contribution < -0.4 is 0 Å². The number of hydrogen-bond acceptors (Lipinski definition) is 6. The number of fused-ring (bicyclic) bond motifs is 1. The molecule has 0 bridgehead atoms. The third-order valence-electron chi connectivity index (χ3n) is 5.26. The van der Waals surface area contributed by atoms with Crippen LogP contribution in [0.4, 0.5) is 0 Å². The van der Waals surface area contributed by atoms with Crippen molar-refractivity contribution < 1.29 is 28.5 Å². The highest BCUT2D eigenvalue weighted by atomic mass is 28.4. The first-order chi connectivity index (χ1) is 10.4. The second kappa shape index (κ2) is 6.05. The second-order valence-electron chi connectivity index (χ2n) is 8.51. The van der Waals surface area contributed by atoms with Crippen LogP contribution in [0.25, 0.3) is 0 Å². The number of rotatable bonds is 5. The smallest absolute Gasteiger partial charge is 0.192 e. The molecule has 4 atom stereocenters. The Labute approximate surface area is 140 Å². The summed E-state index contributed by atoms with van der Waals surface area (Å²) in [6, 6.07) is 0. The van der Waals surface area contributed by atoms with E-state index in [-0.39, 0.29) is 24.4 Å². The summed E-state index contributed by atoms with van der Waals surface area (Å²) < 4.78 is 29.6. The normalized spacial score (nSPS) is 37.2. The Hall–Kier alpha value is -0.0231. The van der Waals surface area contributed by atoms with Gasteiger partial charge in [0.25, 0.3) is 0 Å². The van der Waals surface area contributed by atoms with E-state index in [2.05, 4.69) is 33.9 Å². The lowest BCUT2D eigenvalue weighted by molar-refractivity contribution is -0.253. The summed E-state index contributed by atoms with van der Waals surface area (Å²) in [6.07, 6.45) is -1.36. The molecule has 0 spiro atoms. The van der Waals surface area contributed by atoms with Gasteiger partial charge in [-0.1, -0.05) is 20.8 Å². The Morgan fingerprint density at radius 2 is 1.74 bits per heavy atom. The summed E-state index contributed by atoms with van der Waals surface area (Å²) in [4.78, 5) is 0. The predicted octanol–water partition coefficient (Wildman–Crippen LogP) is 2.26. The maximum Gasteiger partial charge on any atom is 0.192 e. The average molecular weight is 349 g/mol. The van der Waals surface area contributed by atoms with Crippen LogP contribution in [0.2, 0.25) is 18.1 Å². The molecule has 7 heteroatoms. The summed E-state index contributed by atoms with van der Waals surface area (Å²) in [6.45, 7) is 14.6. The summed E-state index contributed by atoms with van der Waals surface area (Å²) in [5, 5.41) is 10.1. The Morgan fingerprint density at radius 3 is 2.22 bits per heavy atom. The molecule has 2 fully saturated rings. The molecule has 2 aliphatic heterocycles. The fourth-order valence-corrected chi connectivity index (χ4v) is 3.85. The largest absolute Gasteiger partial charge is 0.414 e. The molecule has 136 valence electrons. The molecule has 0 saturated carbocycles. The van der Waals surface area contributed by atoms with Gasteiger partial charge in [-0.15, -0.1) is 0 Å². The molecule has 1 N–H and O–H groups in total. The minimum absolute atomic E-state index is 0.0790. The van der Waals surface area contributed by atoms with Crippen molar-refractivity contribution in [3.63, 3.8) is 0 Å². The van der Waals surface area contributed by atoms with Crippen molar-refractivity contribution in [2.45, 2.75) is 82.6 Å². The number of hydrogen-bond donors (Lipinski definition) is 1. The van der Waals surface area contributed by atoms with Gasteiger partial charge in [0.2, 0.25) is 0 Å². The Kier molecular flexibility index (Phi) is 5.08. The molecule has 2 rings (SSSR count).